The van der Waals surface area contributed by atoms with Gasteiger partial charge in [-0.1, -0.05) is 24.8 Å². The van der Waals surface area contributed by atoms with Gasteiger partial charge >= 0.3 is 5.69 Å². The highest BCUT2D eigenvalue weighted by Gasteiger charge is 2.15. The molecule has 0 fully saturated rings. The van der Waals surface area contributed by atoms with Gasteiger partial charge in [-0.2, -0.15) is 0 Å². The maximum atomic E-state index is 12.5. The van der Waals surface area contributed by atoms with E-state index in [2.05, 4.69) is 32.2 Å². The third-order valence-electron chi connectivity index (χ3n) is 3.69. The number of H-pyrrole nitrogens is 1. The summed E-state index contributed by atoms with van der Waals surface area (Å²) in [6.45, 7) is 7.20. The molecule has 132 valence electrons. The van der Waals surface area contributed by atoms with E-state index in [4.69, 9.17) is 0 Å². The quantitative estimate of drug-likeness (QED) is 0.499. The second kappa shape index (κ2) is 7.69. The topological polar surface area (TPSA) is 88.5 Å². The van der Waals surface area contributed by atoms with Crippen molar-refractivity contribution in [1.82, 2.24) is 24.5 Å². The van der Waals surface area contributed by atoms with Crippen molar-refractivity contribution in [2.75, 3.05) is 17.6 Å². The number of pyridine rings is 1. The van der Waals surface area contributed by atoms with Crippen LogP contribution in [-0.4, -0.2) is 36.8 Å². The van der Waals surface area contributed by atoms with E-state index in [0.29, 0.717) is 28.7 Å². The summed E-state index contributed by atoms with van der Waals surface area (Å²) in [4.78, 5) is 28.8. The highest BCUT2D eigenvalue weighted by Crippen LogP contribution is 2.23. The summed E-state index contributed by atoms with van der Waals surface area (Å²) in [6, 6.07) is 3.92. The van der Waals surface area contributed by atoms with E-state index < -0.39 is 0 Å². The summed E-state index contributed by atoms with van der Waals surface area (Å²) in [5, 5.41) is 3.90. The molecule has 0 saturated heterocycles. The van der Waals surface area contributed by atoms with E-state index in [-0.39, 0.29) is 5.69 Å². The zero-order valence-corrected chi connectivity index (χ0v) is 15.5. The summed E-state index contributed by atoms with van der Waals surface area (Å²) in [6.07, 6.45) is 2.83. The standard InChI is InChI=1S/C17H22N6OS/c1-4-8-25-16-21-14(18-5-2)13-15(22-16)23(17(24)20-13)10-12-7-6-11(3)19-9-12/h6-7,9H,4-5,8,10H2,1-3H3,(H,20,24)(H,18,21,22). The lowest BCUT2D eigenvalue weighted by molar-refractivity contribution is 0.767. The van der Waals surface area contributed by atoms with Gasteiger partial charge in [-0.3, -0.25) is 9.55 Å². The van der Waals surface area contributed by atoms with Crippen LogP contribution < -0.4 is 11.0 Å². The Morgan fingerprint density at radius 1 is 1.28 bits per heavy atom. The second-order valence-corrected chi connectivity index (χ2v) is 6.82. The fourth-order valence-electron chi connectivity index (χ4n) is 2.48. The van der Waals surface area contributed by atoms with Gasteiger partial charge in [0.2, 0.25) is 0 Å². The van der Waals surface area contributed by atoms with Gasteiger partial charge in [-0.05, 0) is 31.9 Å². The molecule has 0 amide bonds. The van der Waals surface area contributed by atoms with Gasteiger partial charge in [0, 0.05) is 24.2 Å². The second-order valence-electron chi connectivity index (χ2n) is 5.76. The Bertz CT molecular complexity index is 915. The maximum absolute atomic E-state index is 12.5. The minimum absolute atomic E-state index is 0.193. The average Bonchev–Trinajstić information content (AvgIpc) is 2.91. The minimum atomic E-state index is -0.193. The molecule has 3 aromatic heterocycles. The van der Waals surface area contributed by atoms with Crippen molar-refractivity contribution >= 4 is 28.7 Å². The van der Waals surface area contributed by atoms with E-state index in [1.165, 1.54) is 0 Å². The molecule has 0 aliphatic carbocycles. The molecule has 2 N–H and O–H groups in total. The van der Waals surface area contributed by atoms with Gasteiger partial charge in [-0.15, -0.1) is 0 Å². The van der Waals surface area contributed by atoms with Crippen molar-refractivity contribution in [3.8, 4) is 0 Å². The van der Waals surface area contributed by atoms with E-state index in [1.807, 2.05) is 26.0 Å². The van der Waals surface area contributed by atoms with Crippen LogP contribution in [0.25, 0.3) is 11.2 Å². The van der Waals surface area contributed by atoms with Gasteiger partial charge in [0.1, 0.15) is 5.52 Å². The first-order valence-corrected chi connectivity index (χ1v) is 9.39. The number of aryl methyl sites for hydroxylation is 1. The lowest BCUT2D eigenvalue weighted by Crippen LogP contribution is -2.18. The number of fused-ring (bicyclic) bond motifs is 1. The van der Waals surface area contributed by atoms with Crippen molar-refractivity contribution in [1.29, 1.82) is 0 Å². The highest BCUT2D eigenvalue weighted by molar-refractivity contribution is 7.99. The summed E-state index contributed by atoms with van der Waals surface area (Å²) >= 11 is 1.60. The van der Waals surface area contributed by atoms with E-state index >= 15 is 0 Å². The Kier molecular flexibility index (Phi) is 5.37. The lowest BCUT2D eigenvalue weighted by atomic mass is 10.2. The van der Waals surface area contributed by atoms with Crippen molar-refractivity contribution in [3.63, 3.8) is 0 Å². The summed E-state index contributed by atoms with van der Waals surface area (Å²) in [5.74, 6) is 1.61. The molecule has 7 nitrogen and oxygen atoms in total. The van der Waals surface area contributed by atoms with Gasteiger partial charge in [0.25, 0.3) is 0 Å². The predicted molar refractivity (Wildman–Crippen MR) is 101 cm³/mol. The third-order valence-corrected chi connectivity index (χ3v) is 4.75. The number of aromatic amines is 1. The number of imidazole rings is 1. The molecule has 0 aliphatic heterocycles. The van der Waals surface area contributed by atoms with Crippen LogP contribution in [0.1, 0.15) is 31.5 Å². The Labute approximate surface area is 150 Å². The normalized spacial score (nSPS) is 11.2. The molecule has 0 atom stereocenters. The Balaban J connectivity index is 2.07. The van der Waals surface area contributed by atoms with Crippen LogP contribution in [0, 0.1) is 6.92 Å². The van der Waals surface area contributed by atoms with E-state index in [9.17, 15) is 4.79 Å². The number of nitrogens with one attached hydrogen (secondary N) is 2. The van der Waals surface area contributed by atoms with Crippen LogP contribution in [0.4, 0.5) is 5.82 Å². The molecule has 3 aromatic rings. The number of hydrogen-bond donors (Lipinski definition) is 2. The first-order chi connectivity index (χ1) is 12.1. The maximum Gasteiger partial charge on any atom is 0.328 e. The number of nitrogens with zero attached hydrogens (tertiary/aromatic N) is 4. The molecule has 0 saturated carbocycles. The van der Waals surface area contributed by atoms with Crippen LogP contribution in [0.3, 0.4) is 0 Å². The van der Waals surface area contributed by atoms with Crippen molar-refractivity contribution < 1.29 is 0 Å². The number of anilines is 1. The molecule has 25 heavy (non-hydrogen) atoms. The van der Waals surface area contributed by atoms with E-state index in [1.54, 1.807) is 22.5 Å². The van der Waals surface area contributed by atoms with Crippen molar-refractivity contribution in [2.45, 2.75) is 38.9 Å². The van der Waals surface area contributed by atoms with Crippen LogP contribution in [-0.2, 0) is 6.54 Å². The third kappa shape index (κ3) is 3.84. The van der Waals surface area contributed by atoms with Crippen LogP contribution in [0.5, 0.6) is 0 Å². The van der Waals surface area contributed by atoms with Crippen molar-refractivity contribution in [2.24, 2.45) is 0 Å². The molecule has 0 aromatic carbocycles. The van der Waals surface area contributed by atoms with Crippen LogP contribution in [0.2, 0.25) is 0 Å². The van der Waals surface area contributed by atoms with Gasteiger partial charge in [0.15, 0.2) is 16.6 Å². The molecule has 0 aliphatic rings. The molecular weight excluding hydrogens is 336 g/mol. The Morgan fingerprint density at radius 2 is 2.12 bits per heavy atom. The Morgan fingerprint density at radius 3 is 2.80 bits per heavy atom. The monoisotopic (exact) mass is 358 g/mol. The molecule has 0 radical (unpaired) electrons. The first kappa shape index (κ1) is 17.5. The fourth-order valence-corrected chi connectivity index (χ4v) is 3.18. The number of rotatable bonds is 7. The number of hydrogen-bond acceptors (Lipinski definition) is 6. The molecule has 3 heterocycles. The van der Waals surface area contributed by atoms with Crippen LogP contribution in [0.15, 0.2) is 28.3 Å². The smallest absolute Gasteiger partial charge is 0.328 e. The number of thioether (sulfide) groups is 1. The zero-order chi connectivity index (χ0) is 17.8. The zero-order valence-electron chi connectivity index (χ0n) is 14.7. The minimum Gasteiger partial charge on any atom is -0.368 e. The fraction of sp³-hybridized carbons (Fsp3) is 0.412. The average molecular weight is 358 g/mol. The largest absolute Gasteiger partial charge is 0.368 e. The highest BCUT2D eigenvalue weighted by atomic mass is 32.2. The lowest BCUT2D eigenvalue weighted by Gasteiger charge is -2.08. The summed E-state index contributed by atoms with van der Waals surface area (Å²) in [5.41, 5.74) is 2.98. The summed E-state index contributed by atoms with van der Waals surface area (Å²) < 4.78 is 1.64. The molecule has 3 rings (SSSR count). The van der Waals surface area contributed by atoms with Crippen molar-refractivity contribution in [3.05, 3.63) is 40.1 Å². The van der Waals surface area contributed by atoms with Gasteiger partial charge in [-0.25, -0.2) is 14.8 Å². The van der Waals surface area contributed by atoms with Crippen LogP contribution >= 0.6 is 11.8 Å². The molecular formula is C17H22N6OS. The molecule has 0 unspecified atom stereocenters. The molecule has 0 bridgehead atoms. The van der Waals surface area contributed by atoms with Gasteiger partial charge < -0.3 is 10.3 Å². The number of aromatic nitrogens is 5. The van der Waals surface area contributed by atoms with Gasteiger partial charge in [0.05, 0.1) is 6.54 Å². The van der Waals surface area contributed by atoms with E-state index in [0.717, 1.165) is 30.0 Å². The SMILES string of the molecule is CCCSc1nc(NCC)c2[nH]c(=O)n(Cc3ccc(C)nc3)c2n1. The predicted octanol–water partition coefficient (Wildman–Crippen LogP) is 2.81. The molecule has 0 spiro atoms. The molecule has 8 heteroatoms. The summed E-state index contributed by atoms with van der Waals surface area (Å²) in [7, 11) is 0. The Hall–Kier alpha value is -2.35. The first-order valence-electron chi connectivity index (χ1n) is 8.41.